The zero-order chi connectivity index (χ0) is 10.8. The van der Waals surface area contributed by atoms with Crippen LogP contribution in [0.2, 0.25) is 0 Å². The van der Waals surface area contributed by atoms with Crippen LogP contribution >= 0.6 is 0 Å². The van der Waals surface area contributed by atoms with E-state index in [0.29, 0.717) is 5.92 Å². The van der Waals surface area contributed by atoms with Crippen molar-refractivity contribution in [3.05, 3.63) is 0 Å². The first-order valence-corrected chi connectivity index (χ1v) is 5.94. The summed E-state index contributed by atoms with van der Waals surface area (Å²) in [6.45, 7) is 4.89. The second kappa shape index (κ2) is 4.49. The molecule has 2 fully saturated rings. The summed E-state index contributed by atoms with van der Waals surface area (Å²) in [7, 11) is 0. The van der Waals surface area contributed by atoms with Gasteiger partial charge in [-0.15, -0.1) is 0 Å². The second-order valence-corrected chi connectivity index (χ2v) is 4.91. The molecular formula is C11H21N3O. The van der Waals surface area contributed by atoms with Crippen molar-refractivity contribution in [2.45, 2.75) is 38.3 Å². The minimum absolute atomic E-state index is 0.0279. The fourth-order valence-electron chi connectivity index (χ4n) is 2.21. The van der Waals surface area contributed by atoms with Crippen molar-refractivity contribution in [3.63, 3.8) is 0 Å². The van der Waals surface area contributed by atoms with Crippen molar-refractivity contribution < 1.29 is 4.79 Å². The molecule has 86 valence electrons. The van der Waals surface area contributed by atoms with E-state index in [2.05, 4.69) is 10.2 Å². The molecule has 1 saturated heterocycles. The topological polar surface area (TPSA) is 58.4 Å². The first-order chi connectivity index (χ1) is 7.16. The van der Waals surface area contributed by atoms with Crippen LogP contribution in [0.3, 0.4) is 0 Å². The minimum atomic E-state index is -0.383. The molecule has 0 aromatic rings. The maximum atomic E-state index is 11.3. The van der Waals surface area contributed by atoms with Crippen LogP contribution < -0.4 is 11.1 Å². The van der Waals surface area contributed by atoms with Crippen molar-refractivity contribution in [1.29, 1.82) is 0 Å². The molecular weight excluding hydrogens is 190 g/mol. The van der Waals surface area contributed by atoms with Gasteiger partial charge >= 0.3 is 0 Å². The van der Waals surface area contributed by atoms with Gasteiger partial charge in [0.1, 0.15) is 0 Å². The zero-order valence-corrected chi connectivity index (χ0v) is 9.41. The van der Waals surface area contributed by atoms with Crippen LogP contribution in [0, 0.1) is 5.92 Å². The normalized spacial score (nSPS) is 29.1. The number of nitrogens with two attached hydrogens (primary N) is 1. The van der Waals surface area contributed by atoms with Gasteiger partial charge in [0.05, 0.1) is 6.04 Å². The van der Waals surface area contributed by atoms with Crippen molar-refractivity contribution in [2.75, 3.05) is 19.6 Å². The van der Waals surface area contributed by atoms with Crippen LogP contribution in [-0.4, -0.2) is 42.5 Å². The van der Waals surface area contributed by atoms with Crippen molar-refractivity contribution >= 4 is 5.91 Å². The standard InChI is InChI=1S/C11H21N3O/c1-8(12)11(15)13-6-9-4-5-14(7-9)10-2-3-10/h8-10H,2-7,12H2,1H3,(H,13,15)/t8-,9?/m0/s1. The highest BCUT2D eigenvalue weighted by Gasteiger charge is 2.34. The molecule has 0 aromatic heterocycles. The number of carbonyl (C=O) groups excluding carboxylic acids is 1. The third kappa shape index (κ3) is 2.92. The van der Waals surface area contributed by atoms with E-state index in [0.717, 1.165) is 19.1 Å². The van der Waals surface area contributed by atoms with Gasteiger partial charge in [-0.3, -0.25) is 4.79 Å². The highest BCUT2D eigenvalue weighted by atomic mass is 16.2. The molecule has 15 heavy (non-hydrogen) atoms. The fourth-order valence-corrected chi connectivity index (χ4v) is 2.21. The van der Waals surface area contributed by atoms with Gasteiger partial charge in [0, 0.05) is 19.1 Å². The van der Waals surface area contributed by atoms with Crippen LogP contribution in [-0.2, 0) is 4.79 Å². The lowest BCUT2D eigenvalue weighted by atomic mass is 10.1. The molecule has 0 bridgehead atoms. The number of rotatable bonds is 4. The molecule has 3 N–H and O–H groups in total. The average Bonchev–Trinajstić information content (AvgIpc) is 2.95. The highest BCUT2D eigenvalue weighted by Crippen LogP contribution is 2.31. The molecule has 1 amide bonds. The molecule has 0 aromatic carbocycles. The molecule has 2 aliphatic rings. The van der Waals surface area contributed by atoms with E-state index in [1.807, 2.05) is 0 Å². The third-order valence-electron chi connectivity index (χ3n) is 3.36. The summed E-state index contributed by atoms with van der Waals surface area (Å²) in [5, 5.41) is 2.91. The monoisotopic (exact) mass is 211 g/mol. The van der Waals surface area contributed by atoms with Crippen molar-refractivity contribution in [2.24, 2.45) is 11.7 Å². The Morgan fingerprint density at radius 1 is 1.53 bits per heavy atom. The van der Waals surface area contributed by atoms with Gasteiger partial charge in [-0.1, -0.05) is 0 Å². The Labute approximate surface area is 91.2 Å². The summed E-state index contributed by atoms with van der Waals surface area (Å²) in [5.41, 5.74) is 5.48. The predicted molar refractivity (Wildman–Crippen MR) is 59.4 cm³/mol. The summed E-state index contributed by atoms with van der Waals surface area (Å²) >= 11 is 0. The van der Waals surface area contributed by atoms with Gasteiger partial charge in [0.2, 0.25) is 5.91 Å². The lowest BCUT2D eigenvalue weighted by Crippen LogP contribution is -2.40. The number of hydrogen-bond donors (Lipinski definition) is 2. The van der Waals surface area contributed by atoms with Crippen LogP contribution in [0.1, 0.15) is 26.2 Å². The van der Waals surface area contributed by atoms with E-state index in [4.69, 9.17) is 5.73 Å². The number of amides is 1. The number of likely N-dealkylation sites (tertiary alicyclic amines) is 1. The number of nitrogens with zero attached hydrogens (tertiary/aromatic N) is 1. The van der Waals surface area contributed by atoms with Gasteiger partial charge < -0.3 is 16.0 Å². The Bertz CT molecular complexity index is 238. The Kier molecular flexibility index (Phi) is 3.26. The minimum Gasteiger partial charge on any atom is -0.354 e. The summed E-state index contributed by atoms with van der Waals surface area (Å²) in [5.74, 6) is 0.605. The van der Waals surface area contributed by atoms with E-state index in [-0.39, 0.29) is 11.9 Å². The third-order valence-corrected chi connectivity index (χ3v) is 3.36. The van der Waals surface area contributed by atoms with Crippen molar-refractivity contribution in [3.8, 4) is 0 Å². The quantitative estimate of drug-likeness (QED) is 0.684. The Balaban J connectivity index is 1.66. The molecule has 1 aliphatic heterocycles. The number of hydrogen-bond acceptors (Lipinski definition) is 3. The van der Waals surface area contributed by atoms with E-state index < -0.39 is 0 Å². The first kappa shape index (κ1) is 10.9. The van der Waals surface area contributed by atoms with Gasteiger partial charge in [0.15, 0.2) is 0 Å². The lowest BCUT2D eigenvalue weighted by molar-refractivity contribution is -0.122. The smallest absolute Gasteiger partial charge is 0.236 e. The van der Waals surface area contributed by atoms with Crippen LogP contribution in [0.5, 0.6) is 0 Å². The molecule has 4 nitrogen and oxygen atoms in total. The molecule has 1 aliphatic carbocycles. The molecule has 1 saturated carbocycles. The number of carbonyl (C=O) groups is 1. The van der Waals surface area contributed by atoms with Gasteiger partial charge in [0.25, 0.3) is 0 Å². The average molecular weight is 211 g/mol. The Morgan fingerprint density at radius 2 is 2.27 bits per heavy atom. The molecule has 4 heteroatoms. The highest BCUT2D eigenvalue weighted by molar-refractivity contribution is 5.80. The Morgan fingerprint density at radius 3 is 2.87 bits per heavy atom. The first-order valence-electron chi connectivity index (χ1n) is 5.94. The second-order valence-electron chi connectivity index (χ2n) is 4.91. The summed E-state index contributed by atoms with van der Waals surface area (Å²) < 4.78 is 0. The van der Waals surface area contributed by atoms with E-state index >= 15 is 0 Å². The maximum absolute atomic E-state index is 11.3. The van der Waals surface area contributed by atoms with Crippen LogP contribution in [0.4, 0.5) is 0 Å². The molecule has 2 atom stereocenters. The van der Waals surface area contributed by atoms with E-state index in [1.54, 1.807) is 6.92 Å². The van der Waals surface area contributed by atoms with Gasteiger partial charge in [-0.2, -0.15) is 0 Å². The largest absolute Gasteiger partial charge is 0.354 e. The summed E-state index contributed by atoms with van der Waals surface area (Å²) in [6, 6.07) is 0.477. The SMILES string of the molecule is C[C@H](N)C(=O)NCC1CCN(C2CC2)C1. The van der Waals surface area contributed by atoms with Crippen molar-refractivity contribution in [1.82, 2.24) is 10.2 Å². The molecule has 2 rings (SSSR count). The summed E-state index contributed by atoms with van der Waals surface area (Å²) in [6.07, 6.45) is 3.97. The van der Waals surface area contributed by atoms with Gasteiger partial charge in [-0.25, -0.2) is 0 Å². The zero-order valence-electron chi connectivity index (χ0n) is 9.41. The van der Waals surface area contributed by atoms with Crippen LogP contribution in [0.25, 0.3) is 0 Å². The fraction of sp³-hybridized carbons (Fsp3) is 0.909. The van der Waals surface area contributed by atoms with Gasteiger partial charge in [-0.05, 0) is 38.6 Å². The van der Waals surface area contributed by atoms with E-state index in [1.165, 1.54) is 25.8 Å². The summed E-state index contributed by atoms with van der Waals surface area (Å²) in [4.78, 5) is 13.8. The lowest BCUT2D eigenvalue weighted by Gasteiger charge is -2.15. The van der Waals surface area contributed by atoms with Crippen LogP contribution in [0.15, 0.2) is 0 Å². The molecule has 0 radical (unpaired) electrons. The predicted octanol–water partition coefficient (Wildman–Crippen LogP) is -0.0659. The number of nitrogens with one attached hydrogen (secondary N) is 1. The molecule has 1 heterocycles. The Hall–Kier alpha value is -0.610. The molecule has 0 spiro atoms. The van der Waals surface area contributed by atoms with E-state index in [9.17, 15) is 4.79 Å². The maximum Gasteiger partial charge on any atom is 0.236 e. The molecule has 1 unspecified atom stereocenters.